The summed E-state index contributed by atoms with van der Waals surface area (Å²) in [5.41, 5.74) is 2.94. The summed E-state index contributed by atoms with van der Waals surface area (Å²) in [6.07, 6.45) is 7.48. The lowest BCUT2D eigenvalue weighted by atomic mass is 10.2. The highest BCUT2D eigenvalue weighted by Gasteiger charge is 1.98. The van der Waals surface area contributed by atoms with Crippen LogP contribution >= 0.6 is 0 Å². The largest absolute Gasteiger partial charge is 0.333 e. The molecule has 0 unspecified atom stereocenters. The van der Waals surface area contributed by atoms with E-state index >= 15 is 0 Å². The molecule has 14 heavy (non-hydrogen) atoms. The summed E-state index contributed by atoms with van der Waals surface area (Å²) in [5, 5.41) is 4.62. The van der Waals surface area contributed by atoms with Crippen LogP contribution in [-0.2, 0) is 14.5 Å². The third-order valence-electron chi connectivity index (χ3n) is 1.45. The molecule has 0 saturated carbocycles. The molecule has 0 heterocycles. The maximum Gasteiger partial charge on any atom is 0.333 e. The van der Waals surface area contributed by atoms with Crippen molar-refractivity contribution >= 4 is 10.3 Å². The highest BCUT2D eigenvalue weighted by atomic mass is 32.2. The Hall–Kier alpha value is -0.610. The average Bonchev–Trinajstić information content (AvgIpc) is 2.08. The first-order chi connectivity index (χ1) is 6.56. The first kappa shape index (κ1) is 13.4. The second kappa shape index (κ2) is 7.76. The lowest BCUT2D eigenvalue weighted by Crippen LogP contribution is -2.16. The minimum atomic E-state index is -3.78. The van der Waals surface area contributed by atoms with Crippen LogP contribution in [0.2, 0.25) is 0 Å². The molecule has 0 atom stereocenters. The van der Waals surface area contributed by atoms with Crippen molar-refractivity contribution in [3.05, 3.63) is 17.9 Å². The second-order valence-corrected chi connectivity index (χ2v) is 4.04. The fourth-order valence-corrected chi connectivity index (χ4v) is 1.11. The molecular weight excluding hydrogens is 202 g/mol. The lowest BCUT2D eigenvalue weighted by molar-refractivity contribution is 0.325. The SMILES string of the molecule is CCCCC=C=CCCOS(N)(=O)=O. The Morgan fingerprint density at radius 3 is 2.57 bits per heavy atom. The van der Waals surface area contributed by atoms with Crippen molar-refractivity contribution < 1.29 is 12.6 Å². The van der Waals surface area contributed by atoms with Gasteiger partial charge in [0.1, 0.15) is 0 Å². The van der Waals surface area contributed by atoms with Gasteiger partial charge in [-0.15, -0.1) is 5.73 Å². The van der Waals surface area contributed by atoms with Gasteiger partial charge in [-0.1, -0.05) is 13.3 Å². The Morgan fingerprint density at radius 2 is 2.00 bits per heavy atom. The first-order valence-corrected chi connectivity index (χ1v) is 6.10. The van der Waals surface area contributed by atoms with Crippen molar-refractivity contribution in [1.29, 1.82) is 0 Å². The molecule has 0 saturated heterocycles. The van der Waals surface area contributed by atoms with Gasteiger partial charge in [-0.3, -0.25) is 4.18 Å². The zero-order chi connectivity index (χ0) is 10.9. The van der Waals surface area contributed by atoms with Gasteiger partial charge in [0.05, 0.1) is 6.61 Å². The van der Waals surface area contributed by atoms with Crippen LogP contribution in [0.25, 0.3) is 0 Å². The van der Waals surface area contributed by atoms with Gasteiger partial charge in [-0.05, 0) is 31.4 Å². The van der Waals surface area contributed by atoms with E-state index in [-0.39, 0.29) is 6.61 Å². The highest BCUT2D eigenvalue weighted by molar-refractivity contribution is 7.84. The normalized spacial score (nSPS) is 10.7. The number of hydrogen-bond donors (Lipinski definition) is 1. The van der Waals surface area contributed by atoms with Crippen LogP contribution < -0.4 is 5.14 Å². The molecule has 0 aromatic heterocycles. The van der Waals surface area contributed by atoms with Crippen molar-refractivity contribution in [3.63, 3.8) is 0 Å². The molecule has 0 rings (SSSR count). The fourth-order valence-electron chi connectivity index (χ4n) is 0.779. The van der Waals surface area contributed by atoms with Crippen LogP contribution in [0.1, 0.15) is 32.6 Å². The maximum absolute atomic E-state index is 10.3. The van der Waals surface area contributed by atoms with Gasteiger partial charge < -0.3 is 0 Å². The van der Waals surface area contributed by atoms with Crippen LogP contribution in [0.5, 0.6) is 0 Å². The highest BCUT2D eigenvalue weighted by Crippen LogP contribution is 1.94. The molecule has 0 fully saturated rings. The second-order valence-electron chi connectivity index (χ2n) is 2.82. The van der Waals surface area contributed by atoms with Crippen molar-refractivity contribution in [2.75, 3.05) is 6.61 Å². The zero-order valence-corrected chi connectivity index (χ0v) is 9.22. The van der Waals surface area contributed by atoms with Gasteiger partial charge in [0.2, 0.25) is 0 Å². The molecule has 0 radical (unpaired) electrons. The summed E-state index contributed by atoms with van der Waals surface area (Å²) < 4.78 is 25.0. The maximum atomic E-state index is 10.3. The molecule has 0 aromatic rings. The summed E-state index contributed by atoms with van der Waals surface area (Å²) in [6.45, 7) is 2.20. The smallest absolute Gasteiger partial charge is 0.258 e. The topological polar surface area (TPSA) is 69.4 Å². The van der Waals surface area contributed by atoms with E-state index in [2.05, 4.69) is 22.0 Å². The van der Waals surface area contributed by atoms with Crippen molar-refractivity contribution in [1.82, 2.24) is 0 Å². The Balaban J connectivity index is 3.49. The van der Waals surface area contributed by atoms with E-state index in [0.29, 0.717) is 6.42 Å². The summed E-state index contributed by atoms with van der Waals surface area (Å²) >= 11 is 0. The summed E-state index contributed by atoms with van der Waals surface area (Å²) in [7, 11) is -3.78. The van der Waals surface area contributed by atoms with E-state index in [1.54, 1.807) is 6.08 Å². The number of hydrogen-bond acceptors (Lipinski definition) is 3. The molecule has 82 valence electrons. The van der Waals surface area contributed by atoms with Gasteiger partial charge in [0.25, 0.3) is 0 Å². The van der Waals surface area contributed by atoms with Gasteiger partial charge in [0.15, 0.2) is 0 Å². The molecule has 0 spiro atoms. The molecule has 4 nitrogen and oxygen atoms in total. The van der Waals surface area contributed by atoms with Gasteiger partial charge in [-0.2, -0.15) is 8.42 Å². The van der Waals surface area contributed by atoms with E-state index in [0.717, 1.165) is 19.3 Å². The van der Waals surface area contributed by atoms with Crippen LogP contribution in [0.15, 0.2) is 17.9 Å². The Kier molecular flexibility index (Phi) is 7.42. The predicted molar refractivity (Wildman–Crippen MR) is 55.9 cm³/mol. The Bertz CT molecular complexity index is 289. The van der Waals surface area contributed by atoms with E-state index in [1.165, 1.54) is 0 Å². The molecule has 5 heteroatoms. The quantitative estimate of drug-likeness (QED) is 0.521. The monoisotopic (exact) mass is 219 g/mol. The minimum absolute atomic E-state index is 0.0768. The van der Waals surface area contributed by atoms with Crippen molar-refractivity contribution in [3.8, 4) is 0 Å². The minimum Gasteiger partial charge on any atom is -0.258 e. The predicted octanol–water partition coefficient (Wildman–Crippen LogP) is 1.50. The molecule has 0 aliphatic carbocycles. The van der Waals surface area contributed by atoms with E-state index in [9.17, 15) is 8.42 Å². The Labute approximate surface area is 85.7 Å². The summed E-state index contributed by atoms with van der Waals surface area (Å²) in [4.78, 5) is 0. The summed E-state index contributed by atoms with van der Waals surface area (Å²) in [6, 6.07) is 0. The van der Waals surface area contributed by atoms with E-state index < -0.39 is 10.3 Å². The zero-order valence-electron chi connectivity index (χ0n) is 8.40. The standard InChI is InChI=1S/C9H17NO3S/c1-2-3-4-5-6-7-8-9-13-14(10,11)12/h5,7H,2-4,8-9H2,1H3,(H2,10,11,12). The van der Waals surface area contributed by atoms with Crippen LogP contribution in [0.3, 0.4) is 0 Å². The molecule has 0 aliphatic heterocycles. The van der Waals surface area contributed by atoms with Crippen LogP contribution in [-0.4, -0.2) is 15.0 Å². The first-order valence-electron chi connectivity index (χ1n) is 4.63. The fraction of sp³-hybridized carbons (Fsp3) is 0.667. The molecule has 0 amide bonds. The summed E-state index contributed by atoms with van der Waals surface area (Å²) in [5.74, 6) is 0. The van der Waals surface area contributed by atoms with Crippen LogP contribution in [0, 0.1) is 0 Å². The van der Waals surface area contributed by atoms with Gasteiger partial charge >= 0.3 is 10.3 Å². The van der Waals surface area contributed by atoms with E-state index in [4.69, 9.17) is 0 Å². The Morgan fingerprint density at radius 1 is 1.36 bits per heavy atom. The molecular formula is C9H17NO3S. The molecule has 2 N–H and O–H groups in total. The third-order valence-corrected chi connectivity index (χ3v) is 1.94. The lowest BCUT2D eigenvalue weighted by Gasteiger charge is -1.94. The molecule has 0 bridgehead atoms. The van der Waals surface area contributed by atoms with Gasteiger partial charge in [0, 0.05) is 0 Å². The van der Waals surface area contributed by atoms with Crippen LogP contribution in [0.4, 0.5) is 0 Å². The van der Waals surface area contributed by atoms with Crippen molar-refractivity contribution in [2.45, 2.75) is 32.6 Å². The number of unbranched alkanes of at least 4 members (excludes halogenated alkanes) is 2. The molecule has 0 aromatic carbocycles. The number of nitrogens with two attached hydrogens (primary N) is 1. The third kappa shape index (κ3) is 11.4. The van der Waals surface area contributed by atoms with E-state index in [1.807, 2.05) is 6.08 Å². The average molecular weight is 219 g/mol. The number of rotatable bonds is 7. The van der Waals surface area contributed by atoms with Gasteiger partial charge in [-0.25, -0.2) is 5.14 Å². The van der Waals surface area contributed by atoms with Crippen molar-refractivity contribution in [2.24, 2.45) is 5.14 Å². The molecule has 0 aliphatic rings.